The molecule has 0 heterocycles. The molecule has 0 saturated heterocycles. The van der Waals surface area contributed by atoms with E-state index in [4.69, 9.17) is 4.74 Å². The van der Waals surface area contributed by atoms with E-state index in [-0.39, 0.29) is 23.6 Å². The number of carbonyl (C=O) groups excluding carboxylic acids is 2. The quantitative estimate of drug-likeness (QED) is 0.584. The molecule has 0 unspecified atom stereocenters. The van der Waals surface area contributed by atoms with Gasteiger partial charge in [-0.15, -0.1) is 0 Å². The summed E-state index contributed by atoms with van der Waals surface area (Å²) in [6.45, 7) is 15.4. The van der Waals surface area contributed by atoms with Gasteiger partial charge in [0.25, 0.3) is 0 Å². The fourth-order valence-electron chi connectivity index (χ4n) is 2.08. The van der Waals surface area contributed by atoms with Gasteiger partial charge in [0, 0.05) is 5.56 Å². The second kappa shape index (κ2) is 6.46. The summed E-state index contributed by atoms with van der Waals surface area (Å²) < 4.78 is 5.51. The van der Waals surface area contributed by atoms with Crippen molar-refractivity contribution in [2.75, 3.05) is 0 Å². The van der Waals surface area contributed by atoms with Crippen molar-refractivity contribution in [3.8, 4) is 0 Å². The minimum absolute atomic E-state index is 0.0165. The van der Waals surface area contributed by atoms with Crippen LogP contribution in [-0.4, -0.2) is 17.4 Å². The zero-order valence-corrected chi connectivity index (χ0v) is 15.7. The number of Topliss-reactive ketones (excluding diaryl/α,β-unsaturated/α-hetero) is 1. The summed E-state index contributed by atoms with van der Waals surface area (Å²) in [5.74, 6) is -0.310. The molecule has 1 rings (SSSR count). The summed E-state index contributed by atoms with van der Waals surface area (Å²) >= 11 is 0. The monoisotopic (exact) mass is 318 g/mol. The van der Waals surface area contributed by atoms with Crippen LogP contribution in [0.3, 0.4) is 0 Å². The summed E-state index contributed by atoms with van der Waals surface area (Å²) in [7, 11) is 0. The Morgan fingerprint density at radius 2 is 1.35 bits per heavy atom. The molecule has 0 spiro atoms. The Kier molecular flexibility index (Phi) is 5.45. The van der Waals surface area contributed by atoms with Crippen molar-refractivity contribution in [3.05, 3.63) is 35.4 Å². The first-order valence-electron chi connectivity index (χ1n) is 8.09. The molecular weight excluding hydrogens is 288 g/mol. The van der Waals surface area contributed by atoms with E-state index in [1.54, 1.807) is 34.6 Å². The minimum atomic E-state index is -0.815. The number of rotatable bonds is 4. The van der Waals surface area contributed by atoms with Crippen LogP contribution in [0.4, 0.5) is 0 Å². The standard InChI is InChI=1S/C20H30O3/c1-18(2,3)15-11-9-14(10-12-15)16(21)13-20(7,8)23-17(22)19(4,5)6/h9-12H,13H2,1-8H3. The fraction of sp³-hybridized carbons (Fsp3) is 0.600. The number of esters is 1. The van der Waals surface area contributed by atoms with E-state index in [0.29, 0.717) is 5.56 Å². The van der Waals surface area contributed by atoms with Gasteiger partial charge in [-0.25, -0.2) is 0 Å². The molecule has 0 atom stereocenters. The topological polar surface area (TPSA) is 43.4 Å². The lowest BCUT2D eigenvalue weighted by Crippen LogP contribution is -2.36. The van der Waals surface area contributed by atoms with Crippen molar-refractivity contribution < 1.29 is 14.3 Å². The van der Waals surface area contributed by atoms with Crippen molar-refractivity contribution in [2.24, 2.45) is 5.41 Å². The molecule has 0 aliphatic carbocycles. The lowest BCUT2D eigenvalue weighted by molar-refractivity contribution is -0.165. The maximum atomic E-state index is 12.5. The van der Waals surface area contributed by atoms with Crippen molar-refractivity contribution in [3.63, 3.8) is 0 Å². The molecule has 0 fully saturated rings. The number of hydrogen-bond donors (Lipinski definition) is 0. The first-order valence-corrected chi connectivity index (χ1v) is 8.09. The largest absolute Gasteiger partial charge is 0.459 e. The van der Waals surface area contributed by atoms with Crippen molar-refractivity contribution in [1.29, 1.82) is 0 Å². The molecular formula is C20H30O3. The Bertz CT molecular complexity index is 566. The summed E-state index contributed by atoms with van der Waals surface area (Å²) in [6.07, 6.45) is 0.170. The van der Waals surface area contributed by atoms with E-state index in [9.17, 15) is 9.59 Å². The minimum Gasteiger partial charge on any atom is -0.459 e. The molecule has 0 aliphatic rings. The van der Waals surface area contributed by atoms with Crippen LogP contribution < -0.4 is 0 Å². The molecule has 3 heteroatoms. The van der Waals surface area contributed by atoms with E-state index in [1.165, 1.54) is 5.56 Å². The zero-order valence-electron chi connectivity index (χ0n) is 15.7. The maximum Gasteiger partial charge on any atom is 0.311 e. The van der Waals surface area contributed by atoms with Crippen molar-refractivity contribution in [1.82, 2.24) is 0 Å². The average Bonchev–Trinajstić information content (AvgIpc) is 2.35. The Morgan fingerprint density at radius 3 is 1.74 bits per heavy atom. The van der Waals surface area contributed by atoms with Crippen LogP contribution in [0.15, 0.2) is 24.3 Å². The van der Waals surface area contributed by atoms with Crippen LogP contribution in [0.2, 0.25) is 0 Å². The van der Waals surface area contributed by atoms with Crippen molar-refractivity contribution >= 4 is 11.8 Å². The second-order valence-electron chi connectivity index (χ2n) is 8.83. The Balaban J connectivity index is 2.80. The normalized spacial score (nSPS) is 12.9. The predicted octanol–water partition coefficient (Wildman–Crippen LogP) is 4.92. The van der Waals surface area contributed by atoms with Gasteiger partial charge in [0.1, 0.15) is 5.60 Å². The van der Waals surface area contributed by atoms with E-state index >= 15 is 0 Å². The fourth-order valence-corrected chi connectivity index (χ4v) is 2.08. The molecule has 0 saturated carbocycles. The lowest BCUT2D eigenvalue weighted by Gasteiger charge is -2.28. The lowest BCUT2D eigenvalue weighted by atomic mass is 9.86. The van der Waals surface area contributed by atoms with Gasteiger partial charge in [-0.1, -0.05) is 45.0 Å². The SMILES string of the molecule is CC(C)(CC(=O)c1ccc(C(C)(C)C)cc1)OC(=O)C(C)(C)C. The predicted molar refractivity (Wildman–Crippen MR) is 93.7 cm³/mol. The van der Waals surface area contributed by atoms with Crippen LogP contribution >= 0.6 is 0 Å². The van der Waals surface area contributed by atoms with Gasteiger partial charge in [0.15, 0.2) is 5.78 Å². The maximum absolute atomic E-state index is 12.5. The Labute approximate surface area is 140 Å². The van der Waals surface area contributed by atoms with Crippen LogP contribution in [0, 0.1) is 5.41 Å². The molecule has 0 radical (unpaired) electrons. The Hall–Kier alpha value is -1.64. The van der Waals surface area contributed by atoms with Gasteiger partial charge in [0.2, 0.25) is 0 Å². The van der Waals surface area contributed by atoms with E-state index in [0.717, 1.165) is 0 Å². The van der Waals surface area contributed by atoms with E-state index in [1.807, 2.05) is 24.3 Å². The highest BCUT2D eigenvalue weighted by Gasteiger charge is 2.32. The molecule has 0 N–H and O–H groups in total. The first-order chi connectivity index (χ1) is 10.2. The summed E-state index contributed by atoms with van der Waals surface area (Å²) in [5, 5.41) is 0. The summed E-state index contributed by atoms with van der Waals surface area (Å²) in [4.78, 5) is 24.5. The first kappa shape index (κ1) is 19.4. The van der Waals surface area contributed by atoms with Crippen LogP contribution in [-0.2, 0) is 14.9 Å². The molecule has 0 amide bonds. The number of carbonyl (C=O) groups is 2. The third kappa shape index (κ3) is 5.81. The van der Waals surface area contributed by atoms with Crippen LogP contribution in [0.1, 0.15) is 77.7 Å². The Morgan fingerprint density at radius 1 is 0.870 bits per heavy atom. The highest BCUT2D eigenvalue weighted by Crippen LogP contribution is 2.26. The third-order valence-corrected chi connectivity index (χ3v) is 3.64. The number of ether oxygens (including phenoxy) is 1. The summed E-state index contributed by atoms with van der Waals surface area (Å²) in [5.41, 5.74) is 0.507. The van der Waals surface area contributed by atoms with E-state index in [2.05, 4.69) is 20.8 Å². The van der Waals surface area contributed by atoms with Crippen LogP contribution in [0.25, 0.3) is 0 Å². The molecule has 23 heavy (non-hydrogen) atoms. The van der Waals surface area contributed by atoms with E-state index < -0.39 is 11.0 Å². The van der Waals surface area contributed by atoms with Crippen LogP contribution in [0.5, 0.6) is 0 Å². The number of hydrogen-bond acceptors (Lipinski definition) is 3. The van der Waals surface area contributed by atoms with Gasteiger partial charge in [-0.3, -0.25) is 9.59 Å². The smallest absolute Gasteiger partial charge is 0.311 e. The molecule has 128 valence electrons. The van der Waals surface area contributed by atoms with Gasteiger partial charge in [0.05, 0.1) is 11.8 Å². The molecule has 3 nitrogen and oxygen atoms in total. The number of benzene rings is 1. The molecule has 0 bridgehead atoms. The molecule has 1 aromatic carbocycles. The highest BCUT2D eigenvalue weighted by atomic mass is 16.6. The highest BCUT2D eigenvalue weighted by molar-refractivity contribution is 5.96. The molecule has 0 aromatic heterocycles. The van der Waals surface area contributed by atoms with Gasteiger partial charge in [-0.05, 0) is 45.6 Å². The average molecular weight is 318 g/mol. The van der Waals surface area contributed by atoms with Gasteiger partial charge >= 0.3 is 5.97 Å². The molecule has 1 aromatic rings. The third-order valence-electron chi connectivity index (χ3n) is 3.64. The van der Waals surface area contributed by atoms with Crippen molar-refractivity contribution in [2.45, 2.75) is 72.8 Å². The van der Waals surface area contributed by atoms with Gasteiger partial charge in [-0.2, -0.15) is 0 Å². The second-order valence-corrected chi connectivity index (χ2v) is 8.83. The zero-order chi connectivity index (χ0) is 18.1. The number of ketones is 1. The summed E-state index contributed by atoms with van der Waals surface area (Å²) in [6, 6.07) is 7.68. The van der Waals surface area contributed by atoms with Gasteiger partial charge < -0.3 is 4.74 Å². The molecule has 0 aliphatic heterocycles.